The van der Waals surface area contributed by atoms with Crippen LogP contribution < -0.4 is 9.80 Å². The molecule has 200 valence electrons. The first-order valence-corrected chi connectivity index (χ1v) is 13.1. The van der Waals surface area contributed by atoms with E-state index in [0.717, 1.165) is 5.56 Å². The van der Waals surface area contributed by atoms with Gasteiger partial charge in [-0.25, -0.2) is 14.0 Å². The zero-order valence-corrected chi connectivity index (χ0v) is 22.4. The molecule has 0 bridgehead atoms. The summed E-state index contributed by atoms with van der Waals surface area (Å²) in [7, 11) is 1.26. The summed E-state index contributed by atoms with van der Waals surface area (Å²) < 4.78 is 24.8. The number of esters is 1. The van der Waals surface area contributed by atoms with Crippen LogP contribution in [0.3, 0.4) is 0 Å². The van der Waals surface area contributed by atoms with Crippen LogP contribution in [0.1, 0.15) is 41.8 Å². The van der Waals surface area contributed by atoms with Gasteiger partial charge in [0.2, 0.25) is 5.91 Å². The van der Waals surface area contributed by atoms with Crippen molar-refractivity contribution in [3.63, 3.8) is 0 Å². The van der Waals surface area contributed by atoms with Gasteiger partial charge in [0.15, 0.2) is 0 Å². The summed E-state index contributed by atoms with van der Waals surface area (Å²) in [6.07, 6.45) is -0.0500. The van der Waals surface area contributed by atoms with Gasteiger partial charge in [-0.15, -0.1) is 0 Å². The molecule has 0 radical (unpaired) electrons. The van der Waals surface area contributed by atoms with Gasteiger partial charge in [-0.1, -0.05) is 37.6 Å². The largest absolute Gasteiger partial charge is 0.465 e. The number of benzene rings is 3. The molecule has 2 amide bonds. The van der Waals surface area contributed by atoms with Crippen LogP contribution in [0.5, 0.6) is 0 Å². The summed E-state index contributed by atoms with van der Waals surface area (Å²) in [4.78, 5) is 42.6. The van der Waals surface area contributed by atoms with E-state index in [1.165, 1.54) is 35.1 Å². The number of amides is 2. The number of nitrogens with zero attached hydrogens (tertiary/aromatic N) is 2. The summed E-state index contributed by atoms with van der Waals surface area (Å²) in [5.41, 5.74) is 1.44. The highest BCUT2D eigenvalue weighted by atomic mass is 35.5. The Hall–Kier alpha value is -3.91. The van der Waals surface area contributed by atoms with Gasteiger partial charge in [-0.05, 0) is 72.0 Å². The Balaban J connectivity index is 1.55. The highest BCUT2D eigenvalue weighted by Crippen LogP contribution is 2.74. The summed E-state index contributed by atoms with van der Waals surface area (Å²) >= 11 is 6.18. The van der Waals surface area contributed by atoms with E-state index in [1.54, 1.807) is 30.3 Å². The molecule has 2 heterocycles. The van der Waals surface area contributed by atoms with Crippen molar-refractivity contribution in [2.45, 2.75) is 31.1 Å². The van der Waals surface area contributed by atoms with Gasteiger partial charge in [0.05, 0.1) is 41.7 Å². The average Bonchev–Trinajstić information content (AvgIpc) is 3.37. The van der Waals surface area contributed by atoms with Crippen LogP contribution in [0, 0.1) is 11.7 Å². The van der Waals surface area contributed by atoms with Crippen molar-refractivity contribution >= 4 is 46.6 Å². The SMILES string of the molecule is COC(=O)c1cc(N2CCOC2=O)cc(N2C(=O)C3(CC3(c3ccc(Cl)cc3)C(C)C)c3cc(F)ccc32)c1. The van der Waals surface area contributed by atoms with Crippen LogP contribution >= 0.6 is 11.6 Å². The molecule has 2 aliphatic heterocycles. The van der Waals surface area contributed by atoms with E-state index in [9.17, 15) is 18.8 Å². The van der Waals surface area contributed by atoms with Crippen molar-refractivity contribution < 1.29 is 28.2 Å². The van der Waals surface area contributed by atoms with Crippen molar-refractivity contribution in [3.8, 4) is 0 Å². The fourth-order valence-electron chi connectivity index (χ4n) is 6.56. The maximum atomic E-state index is 14.8. The average molecular weight is 549 g/mol. The molecule has 3 aromatic carbocycles. The Bertz CT molecular complexity index is 1540. The zero-order chi connectivity index (χ0) is 27.7. The van der Waals surface area contributed by atoms with Crippen LogP contribution in [0.4, 0.5) is 26.2 Å². The van der Waals surface area contributed by atoms with E-state index in [0.29, 0.717) is 40.6 Å². The minimum atomic E-state index is -1.01. The monoisotopic (exact) mass is 548 g/mol. The summed E-state index contributed by atoms with van der Waals surface area (Å²) in [5.74, 6) is -1.23. The number of anilines is 3. The number of rotatable bonds is 5. The molecule has 1 saturated carbocycles. The third-order valence-electron chi connectivity index (χ3n) is 8.41. The van der Waals surface area contributed by atoms with Crippen molar-refractivity contribution in [2.24, 2.45) is 5.92 Å². The third-order valence-corrected chi connectivity index (χ3v) is 8.66. The Labute approximate surface area is 230 Å². The number of ether oxygens (including phenoxy) is 2. The molecule has 2 unspecified atom stereocenters. The fourth-order valence-corrected chi connectivity index (χ4v) is 6.69. The van der Waals surface area contributed by atoms with Crippen molar-refractivity contribution in [1.82, 2.24) is 0 Å². The lowest BCUT2D eigenvalue weighted by atomic mass is 9.75. The standard InChI is InChI=1S/C30H26ClFN2O5/c1-17(2)29(19-4-6-20(31)7-5-19)16-30(29)24-14-21(32)8-9-25(24)34(27(30)36)23-13-18(26(35)38-3)12-22(15-23)33-10-11-39-28(33)37/h4-9,12-15,17H,10-11,16H2,1-3H3. The third kappa shape index (κ3) is 3.50. The molecule has 7 nitrogen and oxygen atoms in total. The highest BCUT2D eigenvalue weighted by molar-refractivity contribution is 6.30. The van der Waals surface area contributed by atoms with Gasteiger partial charge in [0.25, 0.3) is 0 Å². The number of halogens is 2. The summed E-state index contributed by atoms with van der Waals surface area (Å²) in [5, 5.41) is 0.589. The van der Waals surface area contributed by atoms with E-state index in [-0.39, 0.29) is 24.0 Å². The number of carbonyl (C=O) groups excluding carboxylic acids is 3. The number of cyclic esters (lactones) is 1. The second-order valence-corrected chi connectivity index (χ2v) is 10.9. The Kier molecular flexibility index (Phi) is 5.73. The lowest BCUT2D eigenvalue weighted by molar-refractivity contribution is -0.120. The number of methoxy groups -OCH3 is 1. The van der Waals surface area contributed by atoms with E-state index in [1.807, 2.05) is 12.1 Å². The van der Waals surface area contributed by atoms with E-state index < -0.39 is 28.7 Å². The van der Waals surface area contributed by atoms with E-state index in [2.05, 4.69) is 13.8 Å². The van der Waals surface area contributed by atoms with Gasteiger partial charge in [-0.3, -0.25) is 14.6 Å². The minimum Gasteiger partial charge on any atom is -0.465 e. The Morgan fingerprint density at radius 2 is 1.77 bits per heavy atom. The molecule has 3 aliphatic rings. The highest BCUT2D eigenvalue weighted by Gasteiger charge is 2.78. The predicted octanol–water partition coefficient (Wildman–Crippen LogP) is 6.14. The minimum absolute atomic E-state index is 0.0371. The molecule has 1 aliphatic carbocycles. The first-order chi connectivity index (χ1) is 18.6. The van der Waals surface area contributed by atoms with Crippen molar-refractivity contribution in [1.29, 1.82) is 0 Å². The number of carbonyl (C=O) groups is 3. The summed E-state index contributed by atoms with van der Waals surface area (Å²) in [6, 6.07) is 16.6. The molecule has 2 atom stereocenters. The van der Waals surface area contributed by atoms with Crippen molar-refractivity contribution in [3.05, 3.63) is 88.2 Å². The molecule has 0 N–H and O–H groups in total. The lowest BCUT2D eigenvalue weighted by Crippen LogP contribution is -2.36. The molecule has 2 fully saturated rings. The van der Waals surface area contributed by atoms with Crippen LogP contribution in [-0.2, 0) is 25.1 Å². The van der Waals surface area contributed by atoms with Gasteiger partial charge < -0.3 is 9.47 Å². The van der Waals surface area contributed by atoms with E-state index in [4.69, 9.17) is 21.1 Å². The molecule has 6 rings (SSSR count). The molecular weight excluding hydrogens is 523 g/mol. The maximum absolute atomic E-state index is 14.8. The van der Waals surface area contributed by atoms with Crippen LogP contribution in [0.2, 0.25) is 5.02 Å². The molecule has 3 aromatic rings. The van der Waals surface area contributed by atoms with Gasteiger partial charge in [-0.2, -0.15) is 0 Å². The van der Waals surface area contributed by atoms with Crippen LogP contribution in [0.15, 0.2) is 60.7 Å². The number of hydrogen-bond donors (Lipinski definition) is 0. The second kappa shape index (κ2) is 8.81. The molecule has 0 aromatic heterocycles. The van der Waals surface area contributed by atoms with Crippen molar-refractivity contribution in [2.75, 3.05) is 30.1 Å². The molecule has 1 spiro atoms. The molecule has 1 saturated heterocycles. The topological polar surface area (TPSA) is 76.2 Å². The quantitative estimate of drug-likeness (QED) is 0.358. The Morgan fingerprint density at radius 1 is 1.05 bits per heavy atom. The molecule has 9 heteroatoms. The first kappa shape index (κ1) is 25.4. The van der Waals surface area contributed by atoms with E-state index >= 15 is 0 Å². The Morgan fingerprint density at radius 3 is 2.41 bits per heavy atom. The van der Waals surface area contributed by atoms with Gasteiger partial charge >= 0.3 is 12.1 Å². The first-order valence-electron chi connectivity index (χ1n) is 12.7. The van der Waals surface area contributed by atoms with Gasteiger partial charge in [0, 0.05) is 10.4 Å². The number of hydrogen-bond acceptors (Lipinski definition) is 5. The summed E-state index contributed by atoms with van der Waals surface area (Å²) in [6.45, 7) is 4.64. The normalized spacial score (nSPS) is 23.4. The van der Waals surface area contributed by atoms with Gasteiger partial charge in [0.1, 0.15) is 12.4 Å². The molecule has 39 heavy (non-hydrogen) atoms. The maximum Gasteiger partial charge on any atom is 0.414 e. The lowest BCUT2D eigenvalue weighted by Gasteiger charge is -2.27. The second-order valence-electron chi connectivity index (χ2n) is 10.5. The van der Waals surface area contributed by atoms with Crippen LogP contribution in [-0.4, -0.2) is 38.2 Å². The molecular formula is C30H26ClFN2O5. The number of fused-ring (bicyclic) bond motifs is 2. The smallest absolute Gasteiger partial charge is 0.414 e. The fraction of sp³-hybridized carbons (Fsp3) is 0.300. The predicted molar refractivity (Wildman–Crippen MR) is 144 cm³/mol. The zero-order valence-electron chi connectivity index (χ0n) is 21.7. The van der Waals surface area contributed by atoms with Crippen LogP contribution in [0.25, 0.3) is 0 Å².